The summed E-state index contributed by atoms with van der Waals surface area (Å²) in [7, 11) is 0. The summed E-state index contributed by atoms with van der Waals surface area (Å²) in [6.07, 6.45) is 3.24. The van der Waals surface area contributed by atoms with Gasteiger partial charge in [0.25, 0.3) is 11.1 Å². The predicted molar refractivity (Wildman–Crippen MR) is 108 cm³/mol. The van der Waals surface area contributed by atoms with Gasteiger partial charge in [0.2, 0.25) is 0 Å². The summed E-state index contributed by atoms with van der Waals surface area (Å²) < 4.78 is 11.4. The smallest absolute Gasteiger partial charge is 0.326 e. The molecule has 27 heavy (non-hydrogen) atoms. The monoisotopic (exact) mass is 453 g/mol. The van der Waals surface area contributed by atoms with Crippen LogP contribution >= 0.6 is 27.7 Å². The van der Waals surface area contributed by atoms with E-state index in [4.69, 9.17) is 9.47 Å². The average molecular weight is 454 g/mol. The Balaban J connectivity index is 2.12. The molecule has 0 bridgehead atoms. The van der Waals surface area contributed by atoms with Crippen molar-refractivity contribution < 1.29 is 23.9 Å². The lowest BCUT2D eigenvalue weighted by Gasteiger charge is -2.21. The van der Waals surface area contributed by atoms with E-state index in [1.165, 1.54) is 0 Å². The van der Waals surface area contributed by atoms with E-state index in [1.54, 1.807) is 51.1 Å². The number of nitrogens with zero attached hydrogens (tertiary/aromatic N) is 1. The molecule has 8 heteroatoms. The zero-order chi connectivity index (χ0) is 20.2. The van der Waals surface area contributed by atoms with Crippen molar-refractivity contribution in [2.45, 2.75) is 26.4 Å². The average Bonchev–Trinajstić information content (AvgIpc) is 2.80. The van der Waals surface area contributed by atoms with Gasteiger partial charge in [-0.05, 0) is 72.2 Å². The number of amides is 2. The van der Waals surface area contributed by atoms with Gasteiger partial charge in [0, 0.05) is 0 Å². The summed E-state index contributed by atoms with van der Waals surface area (Å²) in [5, 5.41) is -0.498. The maximum Gasteiger partial charge on any atom is 0.326 e. The SMILES string of the molecule is C=CCOc1ccc(C=C2SC(=O)N(CC(=O)OC(C)(C)C)C2=O)cc1Br. The predicted octanol–water partition coefficient (Wildman–Crippen LogP) is 4.39. The number of rotatable bonds is 6. The summed E-state index contributed by atoms with van der Waals surface area (Å²) in [5.74, 6) is -0.499. The van der Waals surface area contributed by atoms with Crippen LogP contribution in [0.5, 0.6) is 5.75 Å². The second kappa shape index (κ2) is 8.75. The molecule has 1 aromatic carbocycles. The fourth-order valence-corrected chi connectivity index (χ4v) is 3.51. The molecular formula is C19H20BrNO5S. The van der Waals surface area contributed by atoms with Gasteiger partial charge in [-0.25, -0.2) is 0 Å². The van der Waals surface area contributed by atoms with E-state index >= 15 is 0 Å². The van der Waals surface area contributed by atoms with Crippen molar-refractivity contribution in [3.05, 3.63) is 45.8 Å². The number of thioether (sulfide) groups is 1. The van der Waals surface area contributed by atoms with Crippen LogP contribution in [-0.2, 0) is 14.3 Å². The third-order valence-electron chi connectivity index (χ3n) is 3.19. The first-order valence-electron chi connectivity index (χ1n) is 8.11. The molecular weight excluding hydrogens is 434 g/mol. The maximum atomic E-state index is 12.5. The summed E-state index contributed by atoms with van der Waals surface area (Å²) in [4.78, 5) is 37.6. The first kappa shape index (κ1) is 21.2. The van der Waals surface area contributed by atoms with Gasteiger partial charge >= 0.3 is 5.97 Å². The Morgan fingerprint density at radius 1 is 1.33 bits per heavy atom. The van der Waals surface area contributed by atoms with Crippen LogP contribution in [0, 0.1) is 0 Å². The Hall–Kier alpha value is -2.06. The minimum atomic E-state index is -0.684. The number of hydrogen-bond acceptors (Lipinski definition) is 6. The summed E-state index contributed by atoms with van der Waals surface area (Å²) in [6.45, 7) is 8.73. The van der Waals surface area contributed by atoms with Gasteiger partial charge in [-0.1, -0.05) is 18.7 Å². The van der Waals surface area contributed by atoms with E-state index in [0.29, 0.717) is 16.8 Å². The van der Waals surface area contributed by atoms with Gasteiger partial charge in [-0.3, -0.25) is 19.3 Å². The molecule has 0 unspecified atom stereocenters. The fourth-order valence-electron chi connectivity index (χ4n) is 2.16. The molecule has 6 nitrogen and oxygen atoms in total. The molecule has 0 aliphatic carbocycles. The van der Waals surface area contributed by atoms with Gasteiger partial charge in [0.05, 0.1) is 9.38 Å². The van der Waals surface area contributed by atoms with Crippen LogP contribution in [0.4, 0.5) is 4.79 Å². The molecule has 2 rings (SSSR count). The second-order valence-corrected chi connectivity index (χ2v) is 8.49. The quantitative estimate of drug-likeness (QED) is 0.361. The van der Waals surface area contributed by atoms with Crippen LogP contribution in [0.15, 0.2) is 40.2 Å². The van der Waals surface area contributed by atoms with Crippen molar-refractivity contribution in [2.24, 2.45) is 0 Å². The van der Waals surface area contributed by atoms with Gasteiger partial charge in [0.15, 0.2) is 0 Å². The molecule has 0 N–H and O–H groups in total. The lowest BCUT2D eigenvalue weighted by molar-refractivity contribution is -0.156. The van der Waals surface area contributed by atoms with Gasteiger partial charge < -0.3 is 9.47 Å². The minimum absolute atomic E-state index is 0.246. The van der Waals surface area contributed by atoms with Crippen molar-refractivity contribution >= 4 is 50.9 Å². The van der Waals surface area contributed by atoms with Crippen molar-refractivity contribution in [1.82, 2.24) is 4.90 Å². The molecule has 1 saturated heterocycles. The lowest BCUT2D eigenvalue weighted by atomic mass is 10.2. The number of halogens is 1. The molecule has 0 aromatic heterocycles. The van der Waals surface area contributed by atoms with Crippen LogP contribution < -0.4 is 4.74 Å². The molecule has 1 heterocycles. The summed E-state index contributed by atoms with van der Waals surface area (Å²) >= 11 is 4.20. The number of imide groups is 1. The minimum Gasteiger partial charge on any atom is -0.488 e. The Kier molecular flexibility index (Phi) is 6.89. The first-order chi connectivity index (χ1) is 12.6. The van der Waals surface area contributed by atoms with Crippen molar-refractivity contribution in [3.63, 3.8) is 0 Å². The Morgan fingerprint density at radius 2 is 2.04 bits per heavy atom. The molecule has 0 atom stereocenters. The Bertz CT molecular complexity index is 813. The molecule has 1 aliphatic rings. The van der Waals surface area contributed by atoms with E-state index < -0.39 is 29.3 Å². The highest BCUT2D eigenvalue weighted by Crippen LogP contribution is 2.34. The van der Waals surface area contributed by atoms with Crippen molar-refractivity contribution in [1.29, 1.82) is 0 Å². The number of hydrogen-bond donors (Lipinski definition) is 0. The third-order valence-corrected chi connectivity index (χ3v) is 4.72. The molecule has 0 spiro atoms. The number of carbonyl (C=O) groups excluding carboxylic acids is 3. The highest BCUT2D eigenvalue weighted by molar-refractivity contribution is 9.10. The fraction of sp³-hybridized carbons (Fsp3) is 0.316. The summed E-state index contributed by atoms with van der Waals surface area (Å²) in [6, 6.07) is 5.30. The van der Waals surface area contributed by atoms with E-state index in [2.05, 4.69) is 22.5 Å². The van der Waals surface area contributed by atoms with Gasteiger partial charge in [-0.2, -0.15) is 0 Å². The van der Waals surface area contributed by atoms with Gasteiger partial charge in [0.1, 0.15) is 24.5 Å². The van der Waals surface area contributed by atoms with Crippen molar-refractivity contribution in [2.75, 3.05) is 13.2 Å². The molecule has 0 saturated carbocycles. The van der Waals surface area contributed by atoms with E-state index in [9.17, 15) is 14.4 Å². The number of esters is 1. The van der Waals surface area contributed by atoms with Crippen molar-refractivity contribution in [3.8, 4) is 5.75 Å². The lowest BCUT2D eigenvalue weighted by Crippen LogP contribution is -2.37. The van der Waals surface area contributed by atoms with Crippen LogP contribution in [0.25, 0.3) is 6.08 Å². The molecule has 1 aliphatic heterocycles. The zero-order valence-electron chi connectivity index (χ0n) is 15.3. The summed E-state index contributed by atoms with van der Waals surface area (Å²) in [5.41, 5.74) is 0.0340. The van der Waals surface area contributed by atoms with E-state index in [0.717, 1.165) is 22.2 Å². The van der Waals surface area contributed by atoms with E-state index in [-0.39, 0.29) is 4.91 Å². The Labute approximate surface area is 170 Å². The molecule has 1 aromatic rings. The zero-order valence-corrected chi connectivity index (χ0v) is 17.7. The molecule has 1 fully saturated rings. The highest BCUT2D eigenvalue weighted by Gasteiger charge is 2.37. The second-order valence-electron chi connectivity index (χ2n) is 6.64. The number of benzene rings is 1. The molecule has 2 amide bonds. The topological polar surface area (TPSA) is 72.9 Å². The van der Waals surface area contributed by atoms with Crippen LogP contribution in [0.1, 0.15) is 26.3 Å². The highest BCUT2D eigenvalue weighted by atomic mass is 79.9. The largest absolute Gasteiger partial charge is 0.488 e. The normalized spacial score (nSPS) is 16.0. The van der Waals surface area contributed by atoms with E-state index in [1.807, 2.05) is 0 Å². The third kappa shape index (κ3) is 5.97. The van der Waals surface area contributed by atoms with Crippen LogP contribution in [0.2, 0.25) is 0 Å². The molecule has 144 valence electrons. The number of carbonyl (C=O) groups is 3. The standard InChI is InChI=1S/C19H20BrNO5S/c1-5-8-25-14-7-6-12(9-13(14)20)10-15-17(23)21(18(24)27-15)11-16(22)26-19(2,3)4/h5-7,9-10H,1,8,11H2,2-4H3. The van der Waals surface area contributed by atoms with Gasteiger partial charge in [-0.15, -0.1) is 0 Å². The molecule has 0 radical (unpaired) electrons. The first-order valence-corrected chi connectivity index (χ1v) is 9.72. The maximum absolute atomic E-state index is 12.5. The number of ether oxygens (including phenoxy) is 2. The van der Waals surface area contributed by atoms with Crippen LogP contribution in [0.3, 0.4) is 0 Å². The van der Waals surface area contributed by atoms with Crippen LogP contribution in [-0.4, -0.2) is 40.8 Å². The Morgan fingerprint density at radius 3 is 2.63 bits per heavy atom.